The summed E-state index contributed by atoms with van der Waals surface area (Å²) in [5.74, 6) is 0.475. The van der Waals surface area contributed by atoms with Crippen LogP contribution >= 0.6 is 12.2 Å². The quantitative estimate of drug-likeness (QED) is 0.782. The van der Waals surface area contributed by atoms with Gasteiger partial charge in [-0.25, -0.2) is 4.39 Å². The van der Waals surface area contributed by atoms with Crippen LogP contribution in [0.25, 0.3) is 0 Å². The molecule has 1 saturated heterocycles. The Hall–Kier alpha value is -1.16. The Kier molecular flexibility index (Phi) is 4.17. The monoisotopic (exact) mass is 266 g/mol. The molecule has 0 aliphatic carbocycles. The third-order valence-electron chi connectivity index (χ3n) is 3.37. The largest absolute Gasteiger partial charge is 0.349 e. The molecule has 0 spiro atoms. The minimum absolute atomic E-state index is 0.199. The molecule has 0 aromatic heterocycles. The Morgan fingerprint density at radius 1 is 1.50 bits per heavy atom. The molecule has 1 aromatic rings. The fourth-order valence-corrected chi connectivity index (χ4v) is 2.53. The van der Waals surface area contributed by atoms with Crippen molar-refractivity contribution in [2.45, 2.75) is 26.7 Å². The first-order valence-electron chi connectivity index (χ1n) is 6.38. The van der Waals surface area contributed by atoms with Crippen molar-refractivity contribution in [3.05, 3.63) is 29.6 Å². The van der Waals surface area contributed by atoms with E-state index in [0.29, 0.717) is 16.6 Å². The molecule has 0 amide bonds. The lowest BCUT2D eigenvalue weighted by Crippen LogP contribution is -2.41. The van der Waals surface area contributed by atoms with Crippen LogP contribution in [0.5, 0.6) is 0 Å². The van der Waals surface area contributed by atoms with Gasteiger partial charge in [0.25, 0.3) is 0 Å². The minimum Gasteiger partial charge on any atom is -0.349 e. The second-order valence-corrected chi connectivity index (χ2v) is 5.47. The van der Waals surface area contributed by atoms with Crippen molar-refractivity contribution in [2.75, 3.05) is 18.4 Å². The van der Waals surface area contributed by atoms with E-state index in [1.54, 1.807) is 13.0 Å². The van der Waals surface area contributed by atoms with Crippen LogP contribution in [0.4, 0.5) is 10.1 Å². The van der Waals surface area contributed by atoms with Gasteiger partial charge in [-0.1, -0.05) is 13.0 Å². The number of anilines is 1. The van der Waals surface area contributed by atoms with Crippen molar-refractivity contribution in [1.82, 2.24) is 4.90 Å². The molecule has 1 aliphatic rings. The van der Waals surface area contributed by atoms with Gasteiger partial charge in [0.2, 0.25) is 0 Å². The van der Waals surface area contributed by atoms with Crippen LogP contribution in [0.3, 0.4) is 0 Å². The molecule has 0 radical (unpaired) electrons. The Morgan fingerprint density at radius 3 is 2.94 bits per heavy atom. The van der Waals surface area contributed by atoms with E-state index in [2.05, 4.69) is 17.1 Å². The number of thiocarbonyl (C=S) groups is 1. The highest BCUT2D eigenvalue weighted by Crippen LogP contribution is 2.18. The van der Waals surface area contributed by atoms with Crippen LogP contribution < -0.4 is 5.32 Å². The molecular weight excluding hydrogens is 247 g/mol. The van der Waals surface area contributed by atoms with Crippen LogP contribution in [-0.2, 0) is 0 Å². The molecule has 1 fully saturated rings. The van der Waals surface area contributed by atoms with E-state index in [0.717, 1.165) is 18.8 Å². The number of aryl methyl sites for hydroxylation is 1. The Bertz CT molecular complexity index is 447. The fourth-order valence-electron chi connectivity index (χ4n) is 2.25. The van der Waals surface area contributed by atoms with E-state index in [4.69, 9.17) is 12.2 Å². The molecule has 18 heavy (non-hydrogen) atoms. The maximum Gasteiger partial charge on any atom is 0.173 e. The molecule has 1 aliphatic heterocycles. The normalized spacial score (nSPS) is 19.7. The van der Waals surface area contributed by atoms with Gasteiger partial charge in [0.1, 0.15) is 5.82 Å². The highest BCUT2D eigenvalue weighted by atomic mass is 32.1. The van der Waals surface area contributed by atoms with Crippen LogP contribution in [0.1, 0.15) is 25.3 Å². The lowest BCUT2D eigenvalue weighted by molar-refractivity contribution is 0.276. The van der Waals surface area contributed by atoms with Crippen molar-refractivity contribution in [3.63, 3.8) is 0 Å². The van der Waals surface area contributed by atoms with E-state index < -0.39 is 0 Å². The molecular formula is C14H19FN2S. The van der Waals surface area contributed by atoms with Crippen molar-refractivity contribution in [1.29, 1.82) is 0 Å². The predicted molar refractivity (Wildman–Crippen MR) is 77.3 cm³/mol. The van der Waals surface area contributed by atoms with E-state index in [1.807, 2.05) is 6.07 Å². The zero-order valence-corrected chi connectivity index (χ0v) is 11.7. The first-order chi connectivity index (χ1) is 8.56. The molecule has 2 rings (SSSR count). The topological polar surface area (TPSA) is 15.3 Å². The summed E-state index contributed by atoms with van der Waals surface area (Å²) in [7, 11) is 0. The van der Waals surface area contributed by atoms with E-state index in [-0.39, 0.29) is 5.82 Å². The molecule has 0 saturated carbocycles. The zero-order valence-electron chi connectivity index (χ0n) is 10.9. The SMILES string of the molecule is Cc1ccc(NC(=S)N2CCC[C@@H](C)C2)cc1F. The number of hydrogen-bond donors (Lipinski definition) is 1. The number of likely N-dealkylation sites (tertiary alicyclic amines) is 1. The van der Waals surface area contributed by atoms with Gasteiger partial charge in [-0.2, -0.15) is 0 Å². The van der Waals surface area contributed by atoms with Crippen molar-refractivity contribution in [2.24, 2.45) is 5.92 Å². The van der Waals surface area contributed by atoms with Gasteiger partial charge in [-0.15, -0.1) is 0 Å². The summed E-state index contributed by atoms with van der Waals surface area (Å²) in [5.41, 5.74) is 1.37. The van der Waals surface area contributed by atoms with Crippen molar-refractivity contribution < 1.29 is 4.39 Å². The molecule has 1 atom stereocenters. The molecule has 0 unspecified atom stereocenters. The van der Waals surface area contributed by atoms with Crippen molar-refractivity contribution in [3.8, 4) is 0 Å². The van der Waals surface area contributed by atoms with Crippen molar-refractivity contribution >= 4 is 23.0 Å². The average Bonchev–Trinajstić information content (AvgIpc) is 2.34. The molecule has 98 valence electrons. The van der Waals surface area contributed by atoms with Gasteiger partial charge in [0.15, 0.2) is 5.11 Å². The number of rotatable bonds is 1. The standard InChI is InChI=1S/C14H19FN2S/c1-10-4-3-7-17(9-10)14(18)16-12-6-5-11(2)13(15)8-12/h5-6,8,10H,3-4,7,9H2,1-2H3,(H,16,18)/t10-/m1/s1. The Labute approximate surface area is 113 Å². The molecule has 1 N–H and O–H groups in total. The number of piperidine rings is 1. The highest BCUT2D eigenvalue weighted by Gasteiger charge is 2.18. The maximum atomic E-state index is 13.4. The summed E-state index contributed by atoms with van der Waals surface area (Å²) < 4.78 is 13.4. The molecule has 1 aromatic carbocycles. The fraction of sp³-hybridized carbons (Fsp3) is 0.500. The molecule has 2 nitrogen and oxygen atoms in total. The lowest BCUT2D eigenvalue weighted by Gasteiger charge is -2.33. The number of hydrogen-bond acceptors (Lipinski definition) is 1. The average molecular weight is 266 g/mol. The van der Waals surface area contributed by atoms with E-state index in [1.165, 1.54) is 18.9 Å². The summed E-state index contributed by atoms with van der Waals surface area (Å²) in [5, 5.41) is 3.82. The maximum absolute atomic E-state index is 13.4. The second kappa shape index (κ2) is 5.65. The third kappa shape index (κ3) is 3.19. The van der Waals surface area contributed by atoms with Gasteiger partial charge in [-0.05, 0) is 55.6 Å². The first-order valence-corrected chi connectivity index (χ1v) is 6.79. The zero-order chi connectivity index (χ0) is 13.1. The molecule has 4 heteroatoms. The van der Waals surface area contributed by atoms with Gasteiger partial charge in [0.05, 0.1) is 0 Å². The van der Waals surface area contributed by atoms with Gasteiger partial charge in [0, 0.05) is 18.8 Å². The van der Waals surface area contributed by atoms with Crippen LogP contribution in [0.2, 0.25) is 0 Å². The van der Waals surface area contributed by atoms with Crippen LogP contribution in [0, 0.1) is 18.7 Å². The number of halogens is 1. The first kappa shape index (κ1) is 13.3. The summed E-state index contributed by atoms with van der Waals surface area (Å²) in [6, 6.07) is 5.12. The number of benzene rings is 1. The summed E-state index contributed by atoms with van der Waals surface area (Å²) in [6.45, 7) is 5.97. The predicted octanol–water partition coefficient (Wildman–Crippen LogP) is 3.56. The molecule has 1 heterocycles. The minimum atomic E-state index is -0.199. The summed E-state index contributed by atoms with van der Waals surface area (Å²) >= 11 is 5.38. The Morgan fingerprint density at radius 2 is 2.28 bits per heavy atom. The summed E-state index contributed by atoms with van der Waals surface area (Å²) in [6.07, 6.45) is 2.43. The van der Waals surface area contributed by atoms with E-state index >= 15 is 0 Å². The second-order valence-electron chi connectivity index (χ2n) is 5.09. The van der Waals surface area contributed by atoms with Crippen LogP contribution in [-0.4, -0.2) is 23.1 Å². The number of nitrogens with one attached hydrogen (secondary N) is 1. The number of nitrogens with zero attached hydrogens (tertiary/aromatic N) is 1. The summed E-state index contributed by atoms with van der Waals surface area (Å²) in [4.78, 5) is 2.17. The van der Waals surface area contributed by atoms with E-state index in [9.17, 15) is 4.39 Å². The van der Waals surface area contributed by atoms with Gasteiger partial charge < -0.3 is 10.2 Å². The van der Waals surface area contributed by atoms with Crippen LogP contribution in [0.15, 0.2) is 18.2 Å². The Balaban J connectivity index is 2.00. The lowest BCUT2D eigenvalue weighted by atomic mass is 10.0. The highest BCUT2D eigenvalue weighted by molar-refractivity contribution is 7.80. The van der Waals surface area contributed by atoms with Gasteiger partial charge in [-0.3, -0.25) is 0 Å². The van der Waals surface area contributed by atoms with Gasteiger partial charge >= 0.3 is 0 Å². The third-order valence-corrected chi connectivity index (χ3v) is 3.73. The molecule has 0 bridgehead atoms. The smallest absolute Gasteiger partial charge is 0.173 e.